The number of rotatable bonds is 8. The van der Waals surface area contributed by atoms with E-state index in [9.17, 15) is 15.3 Å². The summed E-state index contributed by atoms with van der Waals surface area (Å²) in [5.74, 6) is 1.59. The molecule has 4 heteroatoms. The monoisotopic (exact) mass is 448 g/mol. The highest BCUT2D eigenvalue weighted by atomic mass is 32.2. The quantitative estimate of drug-likeness (QED) is 0.402. The fraction of sp³-hybridized carbons (Fsp3) is 0.778. The van der Waals surface area contributed by atoms with Gasteiger partial charge in [-0.15, -0.1) is 0 Å². The molecule has 0 aromatic heterocycles. The van der Waals surface area contributed by atoms with E-state index in [0.717, 1.165) is 37.9 Å². The number of thioether (sulfide) groups is 1. The molecular weight excluding hydrogens is 404 g/mol. The largest absolute Gasteiger partial charge is 0.393 e. The maximum Gasteiger partial charge on any atom is 0.0650 e. The topological polar surface area (TPSA) is 60.7 Å². The summed E-state index contributed by atoms with van der Waals surface area (Å²) >= 11 is 2.01. The lowest BCUT2D eigenvalue weighted by Crippen LogP contribution is -2.33. The highest BCUT2D eigenvalue weighted by Crippen LogP contribution is 2.56. The Hall–Kier alpha value is -0.550. The third-order valence-electron chi connectivity index (χ3n) is 8.37. The van der Waals surface area contributed by atoms with Gasteiger partial charge in [0.1, 0.15) is 0 Å². The smallest absolute Gasteiger partial charge is 0.0650 e. The number of allylic oxidation sites excluding steroid dienone is 4. The van der Waals surface area contributed by atoms with Gasteiger partial charge >= 0.3 is 0 Å². The lowest BCUT2D eigenvalue weighted by Gasteiger charge is -2.42. The summed E-state index contributed by atoms with van der Waals surface area (Å²) in [5, 5.41) is 31.1. The zero-order chi connectivity index (χ0) is 22.6. The van der Waals surface area contributed by atoms with Crippen LogP contribution < -0.4 is 0 Å². The number of aliphatic hydroxyl groups is 3. The second-order valence-electron chi connectivity index (χ2n) is 10.4. The average Bonchev–Trinajstić information content (AvgIpc) is 3.09. The minimum atomic E-state index is -0.502. The van der Waals surface area contributed by atoms with Crippen molar-refractivity contribution in [2.75, 3.05) is 5.75 Å². The molecule has 0 radical (unpaired) electrons. The van der Waals surface area contributed by atoms with E-state index < -0.39 is 17.8 Å². The third-order valence-corrected chi connectivity index (χ3v) is 9.57. The van der Waals surface area contributed by atoms with E-state index in [1.165, 1.54) is 18.4 Å². The summed E-state index contributed by atoms with van der Waals surface area (Å²) in [6.45, 7) is 8.99. The third kappa shape index (κ3) is 5.88. The number of hydrogen-bond donors (Lipinski definition) is 3. The van der Waals surface area contributed by atoms with Gasteiger partial charge < -0.3 is 15.3 Å². The van der Waals surface area contributed by atoms with Crippen LogP contribution in [-0.4, -0.2) is 44.1 Å². The molecular formula is C27H44O3S. The van der Waals surface area contributed by atoms with Gasteiger partial charge in [0.05, 0.1) is 17.8 Å². The second-order valence-corrected chi connectivity index (χ2v) is 11.9. The van der Waals surface area contributed by atoms with Crippen molar-refractivity contribution in [1.82, 2.24) is 0 Å². The molecule has 2 fully saturated rings. The van der Waals surface area contributed by atoms with Crippen molar-refractivity contribution in [3.05, 3.63) is 34.9 Å². The summed E-state index contributed by atoms with van der Waals surface area (Å²) in [6.07, 6.45) is 15.4. The molecule has 3 N–H and O–H groups in total. The fourth-order valence-corrected chi connectivity index (χ4v) is 7.53. The Balaban J connectivity index is 1.65. The van der Waals surface area contributed by atoms with Crippen molar-refractivity contribution < 1.29 is 15.3 Å². The van der Waals surface area contributed by atoms with Gasteiger partial charge in [0.2, 0.25) is 0 Å². The summed E-state index contributed by atoms with van der Waals surface area (Å²) in [6, 6.07) is 0. The molecule has 31 heavy (non-hydrogen) atoms. The van der Waals surface area contributed by atoms with E-state index in [4.69, 9.17) is 0 Å². The van der Waals surface area contributed by atoms with Gasteiger partial charge in [0, 0.05) is 5.25 Å². The van der Waals surface area contributed by atoms with E-state index in [2.05, 4.69) is 45.9 Å². The van der Waals surface area contributed by atoms with Crippen molar-refractivity contribution in [2.45, 2.75) is 115 Å². The van der Waals surface area contributed by atoms with Crippen molar-refractivity contribution in [3.63, 3.8) is 0 Å². The first-order chi connectivity index (χ1) is 14.7. The second kappa shape index (κ2) is 10.6. The van der Waals surface area contributed by atoms with Crippen LogP contribution in [0.25, 0.3) is 0 Å². The molecule has 3 nitrogen and oxygen atoms in total. The van der Waals surface area contributed by atoms with Gasteiger partial charge in [-0.2, -0.15) is 11.8 Å². The van der Waals surface area contributed by atoms with E-state index in [1.54, 1.807) is 11.1 Å². The molecule has 0 aromatic rings. The van der Waals surface area contributed by atoms with Crippen molar-refractivity contribution in [3.8, 4) is 0 Å². The number of aliphatic hydroxyl groups excluding tert-OH is 2. The maximum atomic E-state index is 10.6. The molecule has 0 amide bonds. The summed E-state index contributed by atoms with van der Waals surface area (Å²) in [7, 11) is 0. The zero-order valence-electron chi connectivity index (χ0n) is 20.1. The first-order valence-corrected chi connectivity index (χ1v) is 13.5. The van der Waals surface area contributed by atoms with Crippen molar-refractivity contribution in [1.29, 1.82) is 0 Å². The molecule has 0 heterocycles. The molecule has 3 rings (SSSR count). The standard InChI is InChI=1S/C27H44O3S/c1-5-27(30,6-2)14-15-31-19(3)24-11-12-25-21(8-7-13-26(24,25)4)10-9-20-16-22(28)18-23(29)17-20/h9-11,19,22-23,25,28-30H,5-8,12-18H2,1-4H3/b21-10-/t19-,22-,23-,25?,26?/m1/s1. The van der Waals surface area contributed by atoms with Crippen molar-refractivity contribution in [2.24, 2.45) is 11.3 Å². The van der Waals surface area contributed by atoms with Crippen LogP contribution in [0, 0.1) is 11.3 Å². The Labute approximate surface area is 194 Å². The van der Waals surface area contributed by atoms with Crippen molar-refractivity contribution >= 4 is 11.8 Å². The van der Waals surface area contributed by atoms with Gasteiger partial charge in [-0.25, -0.2) is 0 Å². The average molecular weight is 449 g/mol. The van der Waals surface area contributed by atoms with E-state index in [-0.39, 0.29) is 5.41 Å². The summed E-state index contributed by atoms with van der Waals surface area (Å²) < 4.78 is 0. The SMILES string of the molecule is CCC(O)(CC)CCS[C@H](C)C1=CCC2/C(=C\C=C3C[C@@H](O)C[C@H](O)C3)CCCC12C. The van der Waals surface area contributed by atoms with E-state index in [0.29, 0.717) is 30.4 Å². The van der Waals surface area contributed by atoms with Gasteiger partial charge in [0.25, 0.3) is 0 Å². The minimum absolute atomic E-state index is 0.242. The van der Waals surface area contributed by atoms with E-state index in [1.807, 2.05) is 11.8 Å². The van der Waals surface area contributed by atoms with Crippen LogP contribution in [-0.2, 0) is 0 Å². The summed E-state index contributed by atoms with van der Waals surface area (Å²) in [5.41, 5.74) is 4.08. The number of fused-ring (bicyclic) bond motifs is 1. The number of hydrogen-bond acceptors (Lipinski definition) is 4. The highest BCUT2D eigenvalue weighted by molar-refractivity contribution is 8.00. The fourth-order valence-electron chi connectivity index (χ4n) is 6.13. The van der Waals surface area contributed by atoms with Gasteiger partial charge in [0.15, 0.2) is 0 Å². The van der Waals surface area contributed by atoms with Gasteiger partial charge in [-0.1, -0.05) is 55.7 Å². The minimum Gasteiger partial charge on any atom is -0.393 e. The lowest BCUT2D eigenvalue weighted by molar-refractivity contribution is 0.0296. The van der Waals surface area contributed by atoms with E-state index >= 15 is 0 Å². The van der Waals surface area contributed by atoms with Crippen LogP contribution in [0.4, 0.5) is 0 Å². The molecule has 0 spiro atoms. The van der Waals surface area contributed by atoms with Crippen LogP contribution >= 0.6 is 11.8 Å². The Morgan fingerprint density at radius 3 is 2.52 bits per heavy atom. The predicted molar refractivity (Wildman–Crippen MR) is 132 cm³/mol. The maximum absolute atomic E-state index is 10.6. The first-order valence-electron chi connectivity index (χ1n) is 12.5. The molecule has 5 atom stereocenters. The zero-order valence-corrected chi connectivity index (χ0v) is 20.9. The molecule has 3 aliphatic carbocycles. The highest BCUT2D eigenvalue weighted by Gasteiger charge is 2.46. The predicted octanol–water partition coefficient (Wildman–Crippen LogP) is 5.94. The summed E-state index contributed by atoms with van der Waals surface area (Å²) in [4.78, 5) is 0. The molecule has 0 bridgehead atoms. The lowest BCUT2D eigenvalue weighted by atomic mass is 9.64. The Morgan fingerprint density at radius 1 is 1.19 bits per heavy atom. The van der Waals surface area contributed by atoms with Gasteiger partial charge in [-0.3, -0.25) is 0 Å². The molecule has 2 saturated carbocycles. The van der Waals surface area contributed by atoms with Crippen LogP contribution in [0.5, 0.6) is 0 Å². The molecule has 2 unspecified atom stereocenters. The molecule has 176 valence electrons. The molecule has 3 aliphatic rings. The Bertz CT molecular complexity index is 693. The Morgan fingerprint density at radius 2 is 1.87 bits per heavy atom. The Kier molecular flexibility index (Phi) is 8.57. The normalized spacial score (nSPS) is 33.9. The van der Waals surface area contributed by atoms with Crippen LogP contribution in [0.1, 0.15) is 91.9 Å². The van der Waals surface area contributed by atoms with Gasteiger partial charge in [-0.05, 0) is 88.2 Å². The molecule has 0 saturated heterocycles. The first kappa shape index (κ1) is 25.1. The van der Waals surface area contributed by atoms with Crippen LogP contribution in [0.3, 0.4) is 0 Å². The molecule has 0 aromatic carbocycles. The molecule has 0 aliphatic heterocycles. The van der Waals surface area contributed by atoms with Crippen LogP contribution in [0.2, 0.25) is 0 Å². The van der Waals surface area contributed by atoms with Crippen LogP contribution in [0.15, 0.2) is 34.9 Å².